The summed E-state index contributed by atoms with van der Waals surface area (Å²) in [4.78, 5) is 13.0. The van der Waals surface area contributed by atoms with Gasteiger partial charge in [-0.05, 0) is 106 Å². The van der Waals surface area contributed by atoms with E-state index in [0.717, 1.165) is 37.0 Å². The largest absolute Gasteiger partial charge is 0.492 e. The number of rotatable bonds is 8. The van der Waals surface area contributed by atoms with Crippen molar-refractivity contribution in [2.45, 2.75) is 63.3 Å². The number of hydrogen-bond donors (Lipinski definition) is 2. The van der Waals surface area contributed by atoms with Gasteiger partial charge in [0.2, 0.25) is 10.0 Å². The van der Waals surface area contributed by atoms with Gasteiger partial charge in [0, 0.05) is 11.6 Å². The number of para-hydroxylation sites is 2. The smallest absolute Gasteiger partial charge is 0.255 e. The van der Waals surface area contributed by atoms with Gasteiger partial charge in [-0.3, -0.25) is 4.79 Å². The van der Waals surface area contributed by atoms with Crippen molar-refractivity contribution in [3.8, 4) is 5.75 Å². The number of benzene rings is 2. The molecule has 0 aliphatic heterocycles. The zero-order valence-electron chi connectivity index (χ0n) is 19.9. The van der Waals surface area contributed by atoms with E-state index in [0.29, 0.717) is 18.0 Å². The van der Waals surface area contributed by atoms with Crippen LogP contribution in [-0.2, 0) is 10.0 Å². The molecule has 0 aromatic heterocycles. The highest BCUT2D eigenvalue weighted by atomic mass is 32.2. The minimum atomic E-state index is -3.75. The Morgan fingerprint density at radius 2 is 1.68 bits per heavy atom. The fourth-order valence-electron chi connectivity index (χ4n) is 6.98. The number of sulfonamides is 1. The third-order valence-electron chi connectivity index (χ3n) is 8.18. The molecule has 0 radical (unpaired) electrons. The lowest BCUT2D eigenvalue weighted by atomic mass is 9.48. The van der Waals surface area contributed by atoms with Crippen molar-refractivity contribution < 1.29 is 17.9 Å². The van der Waals surface area contributed by atoms with E-state index >= 15 is 0 Å². The van der Waals surface area contributed by atoms with E-state index in [9.17, 15) is 13.2 Å². The van der Waals surface area contributed by atoms with Gasteiger partial charge in [-0.2, -0.15) is 0 Å². The summed E-state index contributed by atoms with van der Waals surface area (Å²) in [5.74, 6) is 2.46. The quantitative estimate of drug-likeness (QED) is 0.540. The van der Waals surface area contributed by atoms with Gasteiger partial charge in [0.25, 0.3) is 5.91 Å². The van der Waals surface area contributed by atoms with Crippen LogP contribution in [0.15, 0.2) is 53.4 Å². The lowest BCUT2D eigenvalue weighted by molar-refractivity contribution is -0.0666. The molecular weight excluding hydrogens is 448 g/mol. The second-order valence-electron chi connectivity index (χ2n) is 10.5. The fraction of sp³-hybridized carbons (Fsp3) is 0.519. The number of hydrogen-bond acceptors (Lipinski definition) is 4. The molecule has 0 heterocycles. The molecular formula is C27H34N2O4S. The number of anilines is 1. The molecule has 2 aromatic rings. The predicted molar refractivity (Wildman–Crippen MR) is 132 cm³/mol. The average Bonchev–Trinajstić information content (AvgIpc) is 2.79. The van der Waals surface area contributed by atoms with Crippen molar-refractivity contribution in [2.75, 3.05) is 11.9 Å². The minimum Gasteiger partial charge on any atom is -0.492 e. The zero-order valence-corrected chi connectivity index (χ0v) is 20.7. The van der Waals surface area contributed by atoms with Crippen molar-refractivity contribution >= 4 is 21.6 Å². The van der Waals surface area contributed by atoms with Crippen LogP contribution in [0.3, 0.4) is 0 Å². The van der Waals surface area contributed by atoms with Gasteiger partial charge in [0.05, 0.1) is 17.2 Å². The second kappa shape index (κ2) is 9.00. The number of carbonyl (C=O) groups is 1. The Hall–Kier alpha value is -2.38. The van der Waals surface area contributed by atoms with Crippen LogP contribution in [0.25, 0.3) is 0 Å². The molecule has 0 unspecified atom stereocenters. The molecule has 4 bridgehead atoms. The van der Waals surface area contributed by atoms with Crippen LogP contribution in [0, 0.1) is 23.2 Å². The first kappa shape index (κ1) is 23.4. The first-order valence-corrected chi connectivity index (χ1v) is 13.9. The van der Waals surface area contributed by atoms with Gasteiger partial charge in [0.15, 0.2) is 0 Å². The van der Waals surface area contributed by atoms with Crippen molar-refractivity contribution in [1.82, 2.24) is 4.72 Å². The molecule has 4 fully saturated rings. The van der Waals surface area contributed by atoms with Crippen molar-refractivity contribution in [2.24, 2.45) is 23.2 Å². The Balaban J connectivity index is 1.32. The van der Waals surface area contributed by atoms with E-state index in [4.69, 9.17) is 4.74 Å². The maximum atomic E-state index is 13.3. The molecule has 2 aromatic carbocycles. The molecule has 6 nitrogen and oxygen atoms in total. The van der Waals surface area contributed by atoms with Crippen LogP contribution in [0.1, 0.15) is 62.7 Å². The maximum Gasteiger partial charge on any atom is 0.255 e. The molecule has 4 aliphatic carbocycles. The fourth-order valence-corrected chi connectivity index (χ4v) is 8.38. The van der Waals surface area contributed by atoms with E-state index in [1.54, 1.807) is 30.3 Å². The lowest BCUT2D eigenvalue weighted by Crippen LogP contribution is -2.55. The SMILES string of the molecule is CCOc1ccccc1NC(=O)c1cccc(S(=O)(=O)N[C@@H](C)C23CC4CC(CC(C4)C2)C3)c1. The van der Waals surface area contributed by atoms with Crippen molar-refractivity contribution in [3.05, 3.63) is 54.1 Å². The van der Waals surface area contributed by atoms with Crippen LogP contribution in [0.5, 0.6) is 5.75 Å². The standard InChI is InChI=1S/C27H34N2O4S/c1-3-33-25-10-5-4-9-24(25)28-26(30)22-7-6-8-23(14-22)34(31,32)29-18(2)27-15-19-11-20(16-27)13-21(12-19)17-27/h4-10,14,18-21,29H,3,11-13,15-17H2,1-2H3,(H,28,30)/t18-,19?,20?,21?,27?/m0/s1. The minimum absolute atomic E-state index is 0.0692. The molecule has 0 saturated heterocycles. The first-order valence-electron chi connectivity index (χ1n) is 12.4. The highest BCUT2D eigenvalue weighted by Crippen LogP contribution is 2.61. The number of amides is 1. The second-order valence-corrected chi connectivity index (χ2v) is 12.2. The molecule has 0 spiro atoms. The van der Waals surface area contributed by atoms with Crippen LogP contribution in [0.2, 0.25) is 0 Å². The lowest BCUT2D eigenvalue weighted by Gasteiger charge is -2.59. The average molecular weight is 483 g/mol. The summed E-state index contributed by atoms with van der Waals surface area (Å²) in [5.41, 5.74) is 0.910. The van der Waals surface area contributed by atoms with E-state index in [-0.39, 0.29) is 27.8 Å². The van der Waals surface area contributed by atoms with Crippen LogP contribution in [0.4, 0.5) is 5.69 Å². The van der Waals surface area contributed by atoms with E-state index < -0.39 is 10.0 Å². The highest BCUT2D eigenvalue weighted by Gasteiger charge is 2.53. The molecule has 34 heavy (non-hydrogen) atoms. The Morgan fingerprint density at radius 3 is 2.32 bits per heavy atom. The number of carbonyl (C=O) groups excluding carboxylic acids is 1. The van der Waals surface area contributed by atoms with Gasteiger partial charge in [-0.15, -0.1) is 0 Å². The molecule has 1 amide bonds. The van der Waals surface area contributed by atoms with Gasteiger partial charge in [0.1, 0.15) is 5.75 Å². The van der Waals surface area contributed by atoms with Crippen molar-refractivity contribution in [3.63, 3.8) is 0 Å². The normalized spacial score (nSPS) is 28.5. The first-order chi connectivity index (χ1) is 16.3. The Labute approximate surface area is 202 Å². The summed E-state index contributed by atoms with van der Waals surface area (Å²) in [5, 5.41) is 2.84. The van der Waals surface area contributed by atoms with Crippen LogP contribution in [-0.4, -0.2) is 27.0 Å². The Kier molecular flexibility index (Phi) is 6.19. The summed E-state index contributed by atoms with van der Waals surface area (Å²) < 4.78 is 35.3. The van der Waals surface area contributed by atoms with Gasteiger partial charge in [-0.25, -0.2) is 13.1 Å². The summed E-state index contributed by atoms with van der Waals surface area (Å²) in [7, 11) is -3.75. The van der Waals surface area contributed by atoms with Crippen LogP contribution >= 0.6 is 0 Å². The summed E-state index contributed by atoms with van der Waals surface area (Å²) in [6.45, 7) is 4.39. The molecule has 2 N–H and O–H groups in total. The molecule has 4 saturated carbocycles. The maximum absolute atomic E-state index is 13.3. The summed E-state index contributed by atoms with van der Waals surface area (Å²) in [6, 6.07) is 13.3. The Bertz CT molecular complexity index is 1140. The van der Waals surface area contributed by atoms with Crippen LogP contribution < -0.4 is 14.8 Å². The molecule has 7 heteroatoms. The molecule has 6 rings (SSSR count). The van der Waals surface area contributed by atoms with E-state index in [2.05, 4.69) is 10.0 Å². The zero-order chi connectivity index (χ0) is 23.9. The third-order valence-corrected chi connectivity index (χ3v) is 9.72. The topological polar surface area (TPSA) is 84.5 Å². The molecule has 182 valence electrons. The van der Waals surface area contributed by atoms with Gasteiger partial charge in [-0.1, -0.05) is 18.2 Å². The van der Waals surface area contributed by atoms with Gasteiger partial charge < -0.3 is 10.1 Å². The van der Waals surface area contributed by atoms with Crippen molar-refractivity contribution in [1.29, 1.82) is 0 Å². The Morgan fingerprint density at radius 1 is 1.03 bits per heavy atom. The highest BCUT2D eigenvalue weighted by molar-refractivity contribution is 7.89. The number of nitrogens with one attached hydrogen (secondary N) is 2. The monoisotopic (exact) mass is 482 g/mol. The summed E-state index contributed by atoms with van der Waals surface area (Å²) in [6.07, 6.45) is 7.35. The van der Waals surface area contributed by atoms with E-state index in [1.165, 1.54) is 25.3 Å². The summed E-state index contributed by atoms with van der Waals surface area (Å²) >= 11 is 0. The predicted octanol–water partition coefficient (Wildman–Crippen LogP) is 5.22. The number of ether oxygens (including phenoxy) is 1. The third kappa shape index (κ3) is 4.48. The van der Waals surface area contributed by atoms with Gasteiger partial charge >= 0.3 is 0 Å². The molecule has 1 atom stereocenters. The van der Waals surface area contributed by atoms with E-state index in [1.807, 2.05) is 26.0 Å². The molecule has 4 aliphatic rings.